The van der Waals surface area contributed by atoms with Crippen molar-refractivity contribution in [2.45, 2.75) is 25.3 Å². The number of thiophene rings is 1. The summed E-state index contributed by atoms with van der Waals surface area (Å²) in [5, 5.41) is 12.6. The van der Waals surface area contributed by atoms with Crippen LogP contribution in [0.1, 0.15) is 28.8 Å². The van der Waals surface area contributed by atoms with Gasteiger partial charge in [-0.25, -0.2) is 4.68 Å². The van der Waals surface area contributed by atoms with Crippen molar-refractivity contribution in [1.29, 1.82) is 0 Å². The highest BCUT2D eigenvalue weighted by Gasteiger charge is 2.23. The number of ether oxygens (including phenoxy) is 1. The summed E-state index contributed by atoms with van der Waals surface area (Å²) in [6.45, 7) is 0.512. The number of carbonyl (C=O) groups is 2. The summed E-state index contributed by atoms with van der Waals surface area (Å²) >= 11 is 1.56. The third-order valence-corrected chi connectivity index (χ3v) is 6.55. The molecule has 0 bridgehead atoms. The highest BCUT2D eigenvalue weighted by molar-refractivity contribution is 7.13. The molecule has 0 radical (unpaired) electrons. The van der Waals surface area contributed by atoms with Crippen molar-refractivity contribution in [1.82, 2.24) is 20.4 Å². The molecule has 1 fully saturated rings. The van der Waals surface area contributed by atoms with Crippen LogP contribution in [0.2, 0.25) is 0 Å². The summed E-state index contributed by atoms with van der Waals surface area (Å²) in [5.74, 6) is 0.409. The Balaban J connectivity index is 1.18. The van der Waals surface area contributed by atoms with Crippen LogP contribution < -0.4 is 15.4 Å². The maximum atomic E-state index is 13.1. The van der Waals surface area contributed by atoms with Crippen LogP contribution in [0.3, 0.4) is 0 Å². The largest absolute Gasteiger partial charge is 0.484 e. The number of rotatable bonds is 10. The molecule has 2 aromatic carbocycles. The smallest absolute Gasteiger partial charge is 0.258 e. The first-order chi connectivity index (χ1) is 17.2. The Bertz CT molecular complexity index is 1280. The van der Waals surface area contributed by atoms with Gasteiger partial charge in [-0.3, -0.25) is 9.59 Å². The van der Waals surface area contributed by atoms with Gasteiger partial charge >= 0.3 is 0 Å². The second kappa shape index (κ2) is 10.6. The van der Waals surface area contributed by atoms with Crippen molar-refractivity contribution in [3.63, 3.8) is 0 Å². The average Bonchev–Trinajstić information content (AvgIpc) is 3.34. The van der Waals surface area contributed by atoms with Gasteiger partial charge in [0.05, 0.1) is 16.1 Å². The second-order valence-electron chi connectivity index (χ2n) is 8.43. The molecule has 178 valence electrons. The summed E-state index contributed by atoms with van der Waals surface area (Å²) in [6, 6.07) is 21.6. The summed E-state index contributed by atoms with van der Waals surface area (Å²) in [6.07, 6.45) is 4.57. The van der Waals surface area contributed by atoms with Gasteiger partial charge in [-0.1, -0.05) is 36.4 Å². The van der Waals surface area contributed by atoms with Gasteiger partial charge in [0.1, 0.15) is 11.4 Å². The van der Waals surface area contributed by atoms with E-state index in [2.05, 4.69) is 10.6 Å². The molecule has 4 aromatic rings. The fourth-order valence-corrected chi connectivity index (χ4v) is 4.39. The first-order valence-electron chi connectivity index (χ1n) is 11.6. The highest BCUT2D eigenvalue weighted by atomic mass is 32.1. The molecule has 7 nitrogen and oxygen atoms in total. The lowest BCUT2D eigenvalue weighted by atomic mass is 10.1. The van der Waals surface area contributed by atoms with Crippen LogP contribution in [-0.4, -0.2) is 40.8 Å². The van der Waals surface area contributed by atoms with Crippen LogP contribution in [0.15, 0.2) is 78.3 Å². The van der Waals surface area contributed by atoms with Gasteiger partial charge in [-0.05, 0) is 60.5 Å². The van der Waals surface area contributed by atoms with E-state index in [0.29, 0.717) is 36.0 Å². The summed E-state index contributed by atoms with van der Waals surface area (Å²) in [5.41, 5.74) is 3.19. The Morgan fingerprint density at radius 1 is 1.03 bits per heavy atom. The van der Waals surface area contributed by atoms with Crippen molar-refractivity contribution >= 4 is 23.2 Å². The van der Waals surface area contributed by atoms with Gasteiger partial charge in [0.2, 0.25) is 0 Å². The van der Waals surface area contributed by atoms with Gasteiger partial charge in [0.25, 0.3) is 11.8 Å². The molecular formula is C27H26N4O3S. The lowest BCUT2D eigenvalue weighted by Crippen LogP contribution is -2.30. The summed E-state index contributed by atoms with van der Waals surface area (Å²) in [4.78, 5) is 25.8. The minimum Gasteiger partial charge on any atom is -0.484 e. The Morgan fingerprint density at radius 3 is 2.54 bits per heavy atom. The number of carbonyl (C=O) groups excluding carboxylic acids is 2. The number of hydrogen-bond donors (Lipinski definition) is 2. The van der Waals surface area contributed by atoms with Gasteiger partial charge in [0.15, 0.2) is 6.61 Å². The Kier molecular flexibility index (Phi) is 6.90. The SMILES string of the molecule is O=C(COc1ccc(CCNC(=O)c2cn(-c3ccccc3)nc2-c2cccs2)cc1)NC1CC1. The van der Waals surface area contributed by atoms with Crippen LogP contribution in [0.25, 0.3) is 16.3 Å². The van der Waals surface area contributed by atoms with Gasteiger partial charge in [0, 0.05) is 18.8 Å². The van der Waals surface area contributed by atoms with Crippen molar-refractivity contribution in [2.24, 2.45) is 0 Å². The lowest BCUT2D eigenvalue weighted by molar-refractivity contribution is -0.123. The average molecular weight is 487 g/mol. The van der Waals surface area contributed by atoms with Crippen molar-refractivity contribution in [2.75, 3.05) is 13.2 Å². The molecule has 5 rings (SSSR count). The first kappa shape index (κ1) is 22.9. The second-order valence-corrected chi connectivity index (χ2v) is 9.38. The molecule has 0 spiro atoms. The fraction of sp³-hybridized carbons (Fsp3) is 0.222. The molecule has 0 unspecified atom stereocenters. The normalized spacial score (nSPS) is 12.8. The van der Waals surface area contributed by atoms with E-state index in [-0.39, 0.29) is 18.4 Å². The predicted molar refractivity (Wildman–Crippen MR) is 136 cm³/mol. The van der Waals surface area contributed by atoms with E-state index in [1.54, 1.807) is 22.2 Å². The maximum absolute atomic E-state index is 13.1. The summed E-state index contributed by atoms with van der Waals surface area (Å²) in [7, 11) is 0. The number of benzene rings is 2. The zero-order chi connectivity index (χ0) is 24.0. The van der Waals surface area contributed by atoms with Crippen LogP contribution in [-0.2, 0) is 11.2 Å². The molecule has 1 aliphatic rings. The van der Waals surface area contributed by atoms with Crippen molar-refractivity contribution < 1.29 is 14.3 Å². The minimum atomic E-state index is -0.155. The number of nitrogens with zero attached hydrogens (tertiary/aromatic N) is 2. The van der Waals surface area contributed by atoms with E-state index in [4.69, 9.17) is 9.84 Å². The van der Waals surface area contributed by atoms with Crippen LogP contribution in [0.4, 0.5) is 0 Å². The van der Waals surface area contributed by atoms with Crippen LogP contribution in [0.5, 0.6) is 5.75 Å². The number of hydrogen-bond acceptors (Lipinski definition) is 5. The molecular weight excluding hydrogens is 460 g/mol. The minimum absolute atomic E-state index is 0.0230. The van der Waals surface area contributed by atoms with Gasteiger partial charge in [-0.15, -0.1) is 11.3 Å². The van der Waals surface area contributed by atoms with Crippen LogP contribution >= 0.6 is 11.3 Å². The molecule has 35 heavy (non-hydrogen) atoms. The predicted octanol–water partition coefficient (Wildman–Crippen LogP) is 4.23. The van der Waals surface area contributed by atoms with E-state index in [1.165, 1.54) is 0 Å². The molecule has 1 saturated carbocycles. The van der Waals surface area contributed by atoms with E-state index in [1.807, 2.05) is 72.1 Å². The van der Waals surface area contributed by atoms with E-state index < -0.39 is 0 Å². The fourth-order valence-electron chi connectivity index (χ4n) is 3.66. The molecule has 0 aliphatic heterocycles. The molecule has 8 heteroatoms. The van der Waals surface area contributed by atoms with E-state index in [0.717, 1.165) is 29.0 Å². The quantitative estimate of drug-likeness (QED) is 0.351. The maximum Gasteiger partial charge on any atom is 0.258 e. The third-order valence-electron chi connectivity index (χ3n) is 5.67. The Hall–Kier alpha value is -3.91. The van der Waals surface area contributed by atoms with Crippen molar-refractivity contribution in [3.8, 4) is 22.0 Å². The number of amides is 2. The Labute approximate surface area is 207 Å². The molecule has 0 saturated heterocycles. The van der Waals surface area contributed by atoms with Gasteiger partial charge < -0.3 is 15.4 Å². The molecule has 2 heterocycles. The van der Waals surface area contributed by atoms with Gasteiger partial charge in [-0.2, -0.15) is 5.10 Å². The molecule has 2 aromatic heterocycles. The van der Waals surface area contributed by atoms with Crippen LogP contribution in [0, 0.1) is 0 Å². The van der Waals surface area contributed by atoms with E-state index in [9.17, 15) is 9.59 Å². The number of aromatic nitrogens is 2. The molecule has 0 atom stereocenters. The Morgan fingerprint density at radius 2 is 1.83 bits per heavy atom. The third kappa shape index (κ3) is 5.96. The van der Waals surface area contributed by atoms with Crippen molar-refractivity contribution in [3.05, 3.63) is 89.4 Å². The number of para-hydroxylation sites is 1. The zero-order valence-electron chi connectivity index (χ0n) is 19.1. The topological polar surface area (TPSA) is 85.2 Å². The zero-order valence-corrected chi connectivity index (χ0v) is 20.0. The monoisotopic (exact) mass is 486 g/mol. The summed E-state index contributed by atoms with van der Waals surface area (Å²) < 4.78 is 7.29. The number of nitrogens with one attached hydrogen (secondary N) is 2. The molecule has 1 aliphatic carbocycles. The first-order valence-corrected chi connectivity index (χ1v) is 12.5. The highest BCUT2D eigenvalue weighted by Crippen LogP contribution is 2.27. The van der Waals surface area contributed by atoms with E-state index >= 15 is 0 Å². The lowest BCUT2D eigenvalue weighted by Gasteiger charge is -2.08. The molecule has 2 amide bonds. The molecule has 2 N–H and O–H groups in total. The standard InChI is InChI=1S/C27H26N4O3S/c32-25(29-20-10-11-20)18-34-22-12-8-19(9-13-22)14-15-28-27(33)23-17-31(21-5-2-1-3-6-21)30-26(23)24-7-4-16-35-24/h1-9,12-13,16-17,20H,10-11,14-15,18H2,(H,28,33)(H,29,32).